The molecule has 2 fully saturated rings. The number of piperidine rings is 1. The van der Waals surface area contributed by atoms with Crippen LogP contribution in [0.2, 0.25) is 0 Å². The summed E-state index contributed by atoms with van der Waals surface area (Å²) in [5.74, 6) is 0.0699. The van der Waals surface area contributed by atoms with Gasteiger partial charge in [0.05, 0.1) is 19.6 Å². The molecule has 0 spiro atoms. The number of methoxy groups -OCH3 is 2. The molecule has 7 nitrogen and oxygen atoms in total. The number of benzene rings is 1. The van der Waals surface area contributed by atoms with E-state index in [2.05, 4.69) is 10.6 Å². The first kappa shape index (κ1) is 26.1. The number of carbonyl (C=O) groups is 3. The average molecular weight is 467 g/mol. The molecule has 1 aromatic carbocycles. The van der Waals surface area contributed by atoms with E-state index in [1.165, 1.54) is 14.2 Å². The number of hydrogen-bond donors (Lipinski definition) is 2. The number of halogens is 1. The van der Waals surface area contributed by atoms with Gasteiger partial charge in [-0.1, -0.05) is 12.1 Å². The van der Waals surface area contributed by atoms with E-state index in [1.807, 2.05) is 12.1 Å². The zero-order valence-electron chi connectivity index (χ0n) is 19.0. The lowest BCUT2D eigenvalue weighted by Crippen LogP contribution is -2.46. The van der Waals surface area contributed by atoms with Crippen molar-refractivity contribution in [3.8, 4) is 0 Å². The van der Waals surface area contributed by atoms with Gasteiger partial charge < -0.3 is 20.1 Å². The van der Waals surface area contributed by atoms with Crippen LogP contribution in [0.4, 0.5) is 0 Å². The first-order valence-corrected chi connectivity index (χ1v) is 11.3. The Balaban J connectivity index is 0.00000363. The van der Waals surface area contributed by atoms with Crippen LogP contribution in [0.3, 0.4) is 0 Å². The summed E-state index contributed by atoms with van der Waals surface area (Å²) in [7, 11) is 2.85. The molecule has 1 aromatic rings. The number of amides is 1. The summed E-state index contributed by atoms with van der Waals surface area (Å²) in [5, 5.41) is 6.43. The SMILES string of the molecule is COC(=O)CC[C@H]1CC[C@H](NC(=O)c2ccc(C3(C(=O)OC)CCNCC3)cc2)CC1.Cl. The van der Waals surface area contributed by atoms with Gasteiger partial charge in [-0.3, -0.25) is 14.4 Å². The van der Waals surface area contributed by atoms with E-state index in [-0.39, 0.29) is 36.3 Å². The highest BCUT2D eigenvalue weighted by molar-refractivity contribution is 5.94. The van der Waals surface area contributed by atoms with Crippen LogP contribution in [0.25, 0.3) is 0 Å². The highest BCUT2D eigenvalue weighted by atomic mass is 35.5. The second-order valence-corrected chi connectivity index (χ2v) is 8.71. The Morgan fingerprint density at radius 2 is 1.62 bits per heavy atom. The van der Waals surface area contributed by atoms with Gasteiger partial charge in [-0.05, 0) is 81.6 Å². The second kappa shape index (κ2) is 12.2. The summed E-state index contributed by atoms with van der Waals surface area (Å²) >= 11 is 0. The van der Waals surface area contributed by atoms with Gasteiger partial charge in [0, 0.05) is 18.0 Å². The molecular weight excluding hydrogens is 432 g/mol. The van der Waals surface area contributed by atoms with Gasteiger partial charge in [-0.15, -0.1) is 12.4 Å². The number of nitrogens with one attached hydrogen (secondary N) is 2. The fourth-order valence-corrected chi connectivity index (χ4v) is 4.89. The third-order valence-electron chi connectivity index (χ3n) is 6.90. The minimum atomic E-state index is -0.641. The average Bonchev–Trinajstić information content (AvgIpc) is 2.83. The van der Waals surface area contributed by atoms with Crippen molar-refractivity contribution in [2.24, 2.45) is 5.92 Å². The lowest BCUT2D eigenvalue weighted by molar-refractivity contribution is -0.148. The number of carbonyl (C=O) groups excluding carboxylic acids is 3. The van der Waals surface area contributed by atoms with Gasteiger partial charge in [0.25, 0.3) is 5.91 Å². The summed E-state index contributed by atoms with van der Waals surface area (Å²) in [5.41, 5.74) is 0.867. The molecule has 2 N–H and O–H groups in total. The second-order valence-electron chi connectivity index (χ2n) is 8.71. The van der Waals surface area contributed by atoms with Crippen LogP contribution in [-0.2, 0) is 24.5 Å². The van der Waals surface area contributed by atoms with Gasteiger partial charge in [-0.25, -0.2) is 0 Å². The molecule has 0 bridgehead atoms. The van der Waals surface area contributed by atoms with E-state index in [9.17, 15) is 14.4 Å². The van der Waals surface area contributed by atoms with Gasteiger partial charge in [0.2, 0.25) is 0 Å². The van der Waals surface area contributed by atoms with Crippen molar-refractivity contribution < 1.29 is 23.9 Å². The van der Waals surface area contributed by atoms with E-state index in [1.54, 1.807) is 12.1 Å². The summed E-state index contributed by atoms with van der Waals surface area (Å²) in [4.78, 5) is 36.6. The summed E-state index contributed by atoms with van der Waals surface area (Å²) in [6.45, 7) is 1.53. The predicted molar refractivity (Wildman–Crippen MR) is 124 cm³/mol. The van der Waals surface area contributed by atoms with E-state index in [0.717, 1.165) is 50.8 Å². The Labute approximate surface area is 196 Å². The highest BCUT2D eigenvalue weighted by Crippen LogP contribution is 2.35. The largest absolute Gasteiger partial charge is 0.469 e. The minimum Gasteiger partial charge on any atom is -0.469 e. The van der Waals surface area contributed by atoms with Crippen molar-refractivity contribution in [3.63, 3.8) is 0 Å². The quantitative estimate of drug-likeness (QED) is 0.599. The van der Waals surface area contributed by atoms with Crippen molar-refractivity contribution in [2.45, 2.75) is 62.8 Å². The van der Waals surface area contributed by atoms with Crippen LogP contribution in [0, 0.1) is 5.92 Å². The molecule has 2 aliphatic rings. The standard InChI is InChI=1S/C24H34N2O5.ClH/c1-30-21(27)12-5-17-3-10-20(11-4-17)26-22(28)18-6-8-19(9-7-18)24(23(29)31-2)13-15-25-16-14-24;/h6-9,17,20,25H,3-5,10-16H2,1-2H3,(H,26,28);1H/t17-,20-;. The number of ether oxygens (including phenoxy) is 2. The molecule has 3 rings (SSSR count). The molecule has 0 unspecified atom stereocenters. The Hall–Kier alpha value is -2.12. The monoisotopic (exact) mass is 466 g/mol. The zero-order chi connectivity index (χ0) is 22.3. The zero-order valence-corrected chi connectivity index (χ0v) is 19.8. The van der Waals surface area contributed by atoms with E-state index in [0.29, 0.717) is 30.7 Å². The lowest BCUT2D eigenvalue weighted by Gasteiger charge is -2.35. The van der Waals surface area contributed by atoms with Crippen molar-refractivity contribution in [1.82, 2.24) is 10.6 Å². The Morgan fingerprint density at radius 3 is 2.19 bits per heavy atom. The van der Waals surface area contributed by atoms with Crippen molar-refractivity contribution in [3.05, 3.63) is 35.4 Å². The maximum Gasteiger partial charge on any atom is 0.316 e. The molecule has 0 aromatic heterocycles. The number of hydrogen-bond acceptors (Lipinski definition) is 6. The molecule has 1 heterocycles. The van der Waals surface area contributed by atoms with Crippen molar-refractivity contribution >= 4 is 30.3 Å². The Bertz CT molecular complexity index is 769. The molecule has 0 atom stereocenters. The van der Waals surface area contributed by atoms with Gasteiger partial charge in [-0.2, -0.15) is 0 Å². The predicted octanol–water partition coefficient (Wildman–Crippen LogP) is 3.14. The molecule has 1 saturated heterocycles. The van der Waals surface area contributed by atoms with Crippen LogP contribution < -0.4 is 10.6 Å². The fraction of sp³-hybridized carbons (Fsp3) is 0.625. The van der Waals surface area contributed by atoms with E-state index >= 15 is 0 Å². The third-order valence-corrected chi connectivity index (χ3v) is 6.90. The van der Waals surface area contributed by atoms with Crippen LogP contribution in [0.5, 0.6) is 0 Å². The van der Waals surface area contributed by atoms with Crippen LogP contribution in [0.15, 0.2) is 24.3 Å². The molecule has 178 valence electrons. The Kier molecular flexibility index (Phi) is 9.97. The molecule has 1 aliphatic carbocycles. The first-order valence-electron chi connectivity index (χ1n) is 11.3. The fourth-order valence-electron chi connectivity index (χ4n) is 4.89. The van der Waals surface area contributed by atoms with Crippen LogP contribution in [0.1, 0.15) is 67.3 Å². The van der Waals surface area contributed by atoms with Crippen LogP contribution >= 0.6 is 12.4 Å². The number of rotatable bonds is 7. The van der Waals surface area contributed by atoms with E-state index in [4.69, 9.17) is 9.47 Å². The molecule has 1 aliphatic heterocycles. The van der Waals surface area contributed by atoms with Gasteiger partial charge in [0.15, 0.2) is 0 Å². The van der Waals surface area contributed by atoms with E-state index < -0.39 is 5.41 Å². The molecule has 0 radical (unpaired) electrons. The molecule has 1 amide bonds. The Morgan fingerprint density at radius 1 is 1.00 bits per heavy atom. The van der Waals surface area contributed by atoms with Crippen LogP contribution in [-0.4, -0.2) is 51.2 Å². The molecular formula is C24H35ClN2O5. The molecule has 1 saturated carbocycles. The minimum absolute atomic E-state index is 0. The van der Waals surface area contributed by atoms with Crippen molar-refractivity contribution in [2.75, 3.05) is 27.3 Å². The smallest absolute Gasteiger partial charge is 0.316 e. The topological polar surface area (TPSA) is 93.7 Å². The maximum atomic E-state index is 12.7. The summed E-state index contributed by atoms with van der Waals surface area (Å²) in [6, 6.07) is 7.55. The third kappa shape index (κ3) is 6.23. The highest BCUT2D eigenvalue weighted by Gasteiger charge is 2.42. The number of esters is 2. The normalized spacial score (nSPS) is 22.2. The summed E-state index contributed by atoms with van der Waals surface area (Å²) in [6.07, 6.45) is 6.56. The molecule has 32 heavy (non-hydrogen) atoms. The van der Waals surface area contributed by atoms with Gasteiger partial charge in [0.1, 0.15) is 0 Å². The van der Waals surface area contributed by atoms with Crippen molar-refractivity contribution in [1.29, 1.82) is 0 Å². The molecule has 8 heteroatoms. The lowest BCUT2D eigenvalue weighted by atomic mass is 9.73. The summed E-state index contributed by atoms with van der Waals surface area (Å²) < 4.78 is 9.81. The maximum absolute atomic E-state index is 12.7. The van der Waals surface area contributed by atoms with Gasteiger partial charge >= 0.3 is 11.9 Å². The first-order chi connectivity index (χ1) is 15.0.